The number of nitrogens with zero attached hydrogens (tertiary/aromatic N) is 2. The molecule has 0 aliphatic carbocycles. The van der Waals surface area contributed by atoms with Crippen LogP contribution >= 0.6 is 0 Å². The maximum Gasteiger partial charge on any atom is 0.242 e. The van der Waals surface area contributed by atoms with E-state index < -0.39 is 0 Å². The fourth-order valence-corrected chi connectivity index (χ4v) is 1.73. The summed E-state index contributed by atoms with van der Waals surface area (Å²) in [6, 6.07) is 0. The largest absolute Gasteiger partial charge is 0.474 e. The molecule has 0 aromatic carbocycles. The van der Waals surface area contributed by atoms with Crippen LogP contribution in [0.1, 0.15) is 40.4 Å². The Bertz CT molecular complexity index is 456. The molecule has 3 N–H and O–H groups in total. The number of nitrogens with one attached hydrogen (secondary N) is 1. The lowest BCUT2D eigenvalue weighted by molar-refractivity contribution is 0.144. The number of methoxy groups -OCH3 is 1. The van der Waals surface area contributed by atoms with Gasteiger partial charge in [-0.15, -0.1) is 0 Å². The van der Waals surface area contributed by atoms with Crippen LogP contribution in [0, 0.1) is 5.92 Å². The van der Waals surface area contributed by atoms with Gasteiger partial charge in [0.1, 0.15) is 18.1 Å². The topological polar surface area (TPSA) is 82.3 Å². The van der Waals surface area contributed by atoms with Gasteiger partial charge < -0.3 is 20.5 Å². The Labute approximate surface area is 127 Å². The van der Waals surface area contributed by atoms with E-state index in [4.69, 9.17) is 15.2 Å². The van der Waals surface area contributed by atoms with E-state index >= 15 is 0 Å². The quantitative estimate of drug-likeness (QED) is 0.752. The molecule has 0 aliphatic heterocycles. The lowest BCUT2D eigenvalue weighted by atomic mass is 10.1. The van der Waals surface area contributed by atoms with Crippen LogP contribution in [0.4, 0.5) is 11.5 Å². The van der Waals surface area contributed by atoms with E-state index in [1.165, 1.54) is 0 Å². The molecular formula is C15H28N4O2. The van der Waals surface area contributed by atoms with Crippen molar-refractivity contribution in [1.29, 1.82) is 0 Å². The zero-order valence-electron chi connectivity index (χ0n) is 14.0. The molecule has 1 heterocycles. The predicted molar refractivity (Wildman–Crippen MR) is 85.7 cm³/mol. The van der Waals surface area contributed by atoms with E-state index in [0.717, 1.165) is 12.2 Å². The normalized spacial score (nSPS) is 11.8. The molecule has 0 atom stereocenters. The fraction of sp³-hybridized carbons (Fsp3) is 0.733. The van der Waals surface area contributed by atoms with Crippen LogP contribution in [0.5, 0.6) is 5.88 Å². The van der Waals surface area contributed by atoms with Crippen molar-refractivity contribution >= 4 is 11.5 Å². The zero-order valence-corrected chi connectivity index (χ0v) is 14.0. The van der Waals surface area contributed by atoms with Gasteiger partial charge in [-0.25, -0.2) is 4.98 Å². The van der Waals surface area contributed by atoms with Crippen LogP contribution in [-0.2, 0) is 11.2 Å². The molecule has 0 unspecified atom stereocenters. The monoisotopic (exact) mass is 296 g/mol. The Kier molecular flexibility index (Phi) is 6.20. The summed E-state index contributed by atoms with van der Waals surface area (Å²) in [4.78, 5) is 8.95. The van der Waals surface area contributed by atoms with Gasteiger partial charge in [0.25, 0.3) is 0 Å². The van der Waals surface area contributed by atoms with Crippen molar-refractivity contribution in [2.24, 2.45) is 5.92 Å². The fourth-order valence-electron chi connectivity index (χ4n) is 1.73. The molecule has 0 amide bonds. The van der Waals surface area contributed by atoms with Crippen molar-refractivity contribution in [2.75, 3.05) is 31.4 Å². The summed E-state index contributed by atoms with van der Waals surface area (Å²) in [6.45, 7) is 11.3. The molecule has 1 rings (SSSR count). The van der Waals surface area contributed by atoms with Gasteiger partial charge in [-0.3, -0.25) is 0 Å². The van der Waals surface area contributed by atoms with E-state index in [1.807, 2.05) is 0 Å². The number of nitrogens with two attached hydrogens (primary N) is 1. The molecule has 0 saturated heterocycles. The first-order valence-corrected chi connectivity index (χ1v) is 7.29. The minimum atomic E-state index is -0.138. The molecule has 21 heavy (non-hydrogen) atoms. The minimum absolute atomic E-state index is 0.138. The first kappa shape index (κ1) is 17.5. The number of anilines is 2. The summed E-state index contributed by atoms with van der Waals surface area (Å²) in [5, 5.41) is 3.31. The van der Waals surface area contributed by atoms with Gasteiger partial charge in [-0.1, -0.05) is 13.8 Å². The Morgan fingerprint density at radius 2 is 1.86 bits per heavy atom. The molecule has 0 spiro atoms. The maximum absolute atomic E-state index is 6.12. The van der Waals surface area contributed by atoms with E-state index in [0.29, 0.717) is 36.5 Å². The average Bonchev–Trinajstić information content (AvgIpc) is 2.32. The number of aromatic nitrogens is 2. The van der Waals surface area contributed by atoms with Crippen molar-refractivity contribution in [2.45, 2.75) is 46.6 Å². The van der Waals surface area contributed by atoms with Gasteiger partial charge in [-0.2, -0.15) is 4.98 Å². The molecule has 0 radical (unpaired) electrons. The first-order valence-electron chi connectivity index (χ1n) is 7.29. The molecule has 120 valence electrons. The van der Waals surface area contributed by atoms with Crippen LogP contribution in [0.25, 0.3) is 0 Å². The summed E-state index contributed by atoms with van der Waals surface area (Å²) in [5.74, 6) is 2.24. The number of rotatable bonds is 7. The van der Waals surface area contributed by atoms with Crippen LogP contribution in [0.2, 0.25) is 0 Å². The average molecular weight is 296 g/mol. The van der Waals surface area contributed by atoms with Gasteiger partial charge in [0.05, 0.1) is 6.61 Å². The first-order chi connectivity index (χ1) is 9.73. The van der Waals surface area contributed by atoms with Gasteiger partial charge >= 0.3 is 0 Å². The van der Waals surface area contributed by atoms with Crippen molar-refractivity contribution in [1.82, 2.24) is 9.97 Å². The second-order valence-corrected chi connectivity index (χ2v) is 6.52. The number of hydrogen-bond donors (Lipinski definition) is 2. The van der Waals surface area contributed by atoms with Gasteiger partial charge in [0, 0.05) is 19.1 Å². The zero-order chi connectivity index (χ0) is 16.0. The van der Waals surface area contributed by atoms with Crippen LogP contribution < -0.4 is 15.8 Å². The predicted octanol–water partition coefficient (Wildman–Crippen LogP) is 2.49. The second-order valence-electron chi connectivity index (χ2n) is 6.52. The van der Waals surface area contributed by atoms with Crippen molar-refractivity contribution in [3.05, 3.63) is 5.82 Å². The highest BCUT2D eigenvalue weighted by atomic mass is 16.5. The molecule has 0 saturated carbocycles. The SMILES string of the molecule is COCCOc1nc(CC(C)C)nc(NC(C)(C)C)c1N. The molecule has 6 nitrogen and oxygen atoms in total. The standard InChI is InChI=1S/C15H28N4O2/c1-10(2)9-11-17-13(19-15(3,4)5)12(16)14(18-11)21-8-7-20-6/h10H,7-9,16H2,1-6H3,(H,17,18,19). The van der Waals surface area contributed by atoms with Crippen LogP contribution in [0.3, 0.4) is 0 Å². The lowest BCUT2D eigenvalue weighted by Crippen LogP contribution is -2.28. The van der Waals surface area contributed by atoms with E-state index in [2.05, 4.69) is 49.9 Å². The van der Waals surface area contributed by atoms with Gasteiger partial charge in [0.2, 0.25) is 5.88 Å². The Hall–Kier alpha value is -1.56. The third-order valence-corrected chi connectivity index (χ3v) is 2.57. The van der Waals surface area contributed by atoms with Gasteiger partial charge in [-0.05, 0) is 26.7 Å². The highest BCUT2D eigenvalue weighted by molar-refractivity contribution is 5.67. The smallest absolute Gasteiger partial charge is 0.242 e. The van der Waals surface area contributed by atoms with E-state index in [-0.39, 0.29) is 5.54 Å². The second kappa shape index (κ2) is 7.45. The van der Waals surface area contributed by atoms with Crippen LogP contribution in [-0.4, -0.2) is 35.8 Å². The maximum atomic E-state index is 6.12. The molecule has 0 aliphatic rings. The molecule has 6 heteroatoms. The molecule has 1 aromatic rings. The summed E-state index contributed by atoms with van der Waals surface area (Å²) in [5.41, 5.74) is 6.42. The van der Waals surface area contributed by atoms with Crippen molar-refractivity contribution in [3.63, 3.8) is 0 Å². The number of nitrogen functional groups attached to an aromatic ring is 1. The highest BCUT2D eigenvalue weighted by Crippen LogP contribution is 2.28. The third-order valence-electron chi connectivity index (χ3n) is 2.57. The Morgan fingerprint density at radius 3 is 2.38 bits per heavy atom. The molecular weight excluding hydrogens is 268 g/mol. The van der Waals surface area contributed by atoms with Gasteiger partial charge in [0.15, 0.2) is 5.82 Å². The molecule has 0 fully saturated rings. The summed E-state index contributed by atoms with van der Waals surface area (Å²) in [6.07, 6.45) is 0.778. The minimum Gasteiger partial charge on any atom is -0.474 e. The summed E-state index contributed by atoms with van der Waals surface area (Å²) < 4.78 is 10.6. The van der Waals surface area contributed by atoms with Crippen molar-refractivity contribution in [3.8, 4) is 5.88 Å². The van der Waals surface area contributed by atoms with Crippen molar-refractivity contribution < 1.29 is 9.47 Å². The van der Waals surface area contributed by atoms with E-state index in [1.54, 1.807) is 7.11 Å². The highest BCUT2D eigenvalue weighted by Gasteiger charge is 2.18. The summed E-state index contributed by atoms with van der Waals surface area (Å²) >= 11 is 0. The molecule has 1 aromatic heterocycles. The number of hydrogen-bond acceptors (Lipinski definition) is 6. The summed E-state index contributed by atoms with van der Waals surface area (Å²) in [7, 11) is 1.63. The third kappa shape index (κ3) is 6.16. The lowest BCUT2D eigenvalue weighted by Gasteiger charge is -2.23. The number of ether oxygens (including phenoxy) is 2. The Balaban J connectivity index is 3.06. The van der Waals surface area contributed by atoms with E-state index in [9.17, 15) is 0 Å². The van der Waals surface area contributed by atoms with Crippen LogP contribution in [0.15, 0.2) is 0 Å². The molecule has 0 bridgehead atoms. The Morgan fingerprint density at radius 1 is 1.19 bits per heavy atom.